The Labute approximate surface area is 153 Å². The van der Waals surface area contributed by atoms with Gasteiger partial charge in [-0.05, 0) is 35.2 Å². The number of halogens is 2. The van der Waals surface area contributed by atoms with Crippen molar-refractivity contribution in [3.05, 3.63) is 69.2 Å². The molecule has 0 unspecified atom stereocenters. The Morgan fingerprint density at radius 2 is 1.88 bits per heavy atom. The fraction of sp³-hybridized carbons (Fsp3) is 0.368. The van der Waals surface area contributed by atoms with Crippen LogP contribution in [-0.2, 0) is 19.5 Å². The van der Waals surface area contributed by atoms with E-state index in [9.17, 15) is 5.11 Å². The predicted molar refractivity (Wildman–Crippen MR) is 99.6 cm³/mol. The maximum atomic E-state index is 10.3. The molecule has 0 aliphatic carbocycles. The summed E-state index contributed by atoms with van der Waals surface area (Å²) in [6.45, 7) is 3.82. The molecule has 1 atom stereocenters. The van der Waals surface area contributed by atoms with Crippen LogP contribution in [0.3, 0.4) is 0 Å². The van der Waals surface area contributed by atoms with Crippen LogP contribution in [0.2, 0.25) is 10.0 Å². The molecule has 0 saturated heterocycles. The second kappa shape index (κ2) is 8.32. The van der Waals surface area contributed by atoms with Crippen LogP contribution in [0, 0.1) is 0 Å². The van der Waals surface area contributed by atoms with Gasteiger partial charge >= 0.3 is 0 Å². The van der Waals surface area contributed by atoms with Gasteiger partial charge in [0.15, 0.2) is 0 Å². The SMILES string of the molecule is O[C@@H](CNCc1ccc(Cl)c(Cl)c1)CN1CCc2ccccc2C1. The van der Waals surface area contributed by atoms with Gasteiger partial charge in [-0.15, -0.1) is 0 Å². The summed E-state index contributed by atoms with van der Waals surface area (Å²) in [5, 5.41) is 14.7. The summed E-state index contributed by atoms with van der Waals surface area (Å²) in [6, 6.07) is 14.1. The Balaban J connectivity index is 1.43. The molecule has 5 heteroatoms. The minimum Gasteiger partial charge on any atom is -0.390 e. The van der Waals surface area contributed by atoms with E-state index in [1.54, 1.807) is 6.07 Å². The average molecular weight is 365 g/mol. The Hall–Kier alpha value is -1.10. The lowest BCUT2D eigenvalue weighted by Crippen LogP contribution is -2.40. The number of hydrogen-bond acceptors (Lipinski definition) is 3. The Morgan fingerprint density at radius 1 is 1.08 bits per heavy atom. The number of nitrogens with zero attached hydrogens (tertiary/aromatic N) is 1. The number of β-amino-alcohol motifs (C(OH)–C–C–N with tert-alkyl or cyclic N) is 1. The molecule has 24 heavy (non-hydrogen) atoms. The molecule has 2 aromatic carbocycles. The number of aliphatic hydroxyl groups is 1. The van der Waals surface area contributed by atoms with E-state index in [-0.39, 0.29) is 0 Å². The highest BCUT2D eigenvalue weighted by molar-refractivity contribution is 6.42. The molecule has 3 nitrogen and oxygen atoms in total. The minimum absolute atomic E-state index is 0.391. The largest absolute Gasteiger partial charge is 0.390 e. The third-order valence-corrected chi connectivity index (χ3v) is 5.11. The lowest BCUT2D eigenvalue weighted by molar-refractivity contribution is 0.104. The topological polar surface area (TPSA) is 35.5 Å². The monoisotopic (exact) mass is 364 g/mol. The lowest BCUT2D eigenvalue weighted by Gasteiger charge is -2.30. The van der Waals surface area contributed by atoms with Gasteiger partial charge in [-0.2, -0.15) is 0 Å². The first-order valence-electron chi connectivity index (χ1n) is 8.23. The van der Waals surface area contributed by atoms with Crippen molar-refractivity contribution in [2.45, 2.75) is 25.6 Å². The summed E-state index contributed by atoms with van der Waals surface area (Å²) in [4.78, 5) is 2.31. The minimum atomic E-state index is -0.391. The van der Waals surface area contributed by atoms with Crippen molar-refractivity contribution in [1.29, 1.82) is 0 Å². The Bertz CT molecular complexity index is 693. The van der Waals surface area contributed by atoms with Crippen LogP contribution in [0.25, 0.3) is 0 Å². The van der Waals surface area contributed by atoms with E-state index >= 15 is 0 Å². The zero-order valence-corrected chi connectivity index (χ0v) is 15.0. The molecule has 2 aromatic rings. The summed E-state index contributed by atoms with van der Waals surface area (Å²) < 4.78 is 0. The fourth-order valence-electron chi connectivity index (χ4n) is 3.11. The molecule has 0 amide bonds. The molecule has 128 valence electrons. The van der Waals surface area contributed by atoms with Gasteiger partial charge in [0.25, 0.3) is 0 Å². The van der Waals surface area contributed by atoms with Crippen molar-refractivity contribution in [2.75, 3.05) is 19.6 Å². The number of nitrogens with one attached hydrogen (secondary N) is 1. The lowest BCUT2D eigenvalue weighted by atomic mass is 10.00. The first kappa shape index (κ1) is 17.7. The van der Waals surface area contributed by atoms with Crippen LogP contribution < -0.4 is 5.32 Å². The van der Waals surface area contributed by atoms with Crippen molar-refractivity contribution in [3.63, 3.8) is 0 Å². The predicted octanol–water partition coefficient (Wildman–Crippen LogP) is 3.50. The molecule has 1 heterocycles. The van der Waals surface area contributed by atoms with Crippen LogP contribution in [0.1, 0.15) is 16.7 Å². The van der Waals surface area contributed by atoms with Gasteiger partial charge in [-0.3, -0.25) is 4.90 Å². The van der Waals surface area contributed by atoms with Gasteiger partial charge in [0.05, 0.1) is 16.1 Å². The quantitative estimate of drug-likeness (QED) is 0.823. The second-order valence-corrected chi connectivity index (χ2v) is 7.10. The molecule has 1 aliphatic heterocycles. The van der Waals surface area contributed by atoms with Crippen molar-refractivity contribution in [1.82, 2.24) is 10.2 Å². The van der Waals surface area contributed by atoms with E-state index < -0.39 is 6.10 Å². The highest BCUT2D eigenvalue weighted by atomic mass is 35.5. The molecule has 2 N–H and O–H groups in total. The van der Waals surface area contributed by atoms with Crippen LogP contribution in [0.4, 0.5) is 0 Å². The van der Waals surface area contributed by atoms with Crippen LogP contribution >= 0.6 is 23.2 Å². The van der Waals surface area contributed by atoms with Crippen LogP contribution in [0.15, 0.2) is 42.5 Å². The zero-order chi connectivity index (χ0) is 16.9. The van der Waals surface area contributed by atoms with Gasteiger partial charge in [0.2, 0.25) is 0 Å². The van der Waals surface area contributed by atoms with Gasteiger partial charge in [0.1, 0.15) is 0 Å². The highest BCUT2D eigenvalue weighted by Crippen LogP contribution is 2.22. The van der Waals surface area contributed by atoms with Gasteiger partial charge < -0.3 is 10.4 Å². The van der Waals surface area contributed by atoms with Gasteiger partial charge in [0, 0.05) is 32.7 Å². The number of aliphatic hydroxyl groups excluding tert-OH is 1. The molecule has 0 bridgehead atoms. The number of benzene rings is 2. The third kappa shape index (κ3) is 4.71. The van der Waals surface area contributed by atoms with E-state index in [1.807, 2.05) is 12.1 Å². The molecule has 0 spiro atoms. The molecule has 0 radical (unpaired) electrons. The van der Waals surface area contributed by atoms with Crippen LogP contribution in [-0.4, -0.2) is 35.7 Å². The van der Waals surface area contributed by atoms with Crippen molar-refractivity contribution < 1.29 is 5.11 Å². The van der Waals surface area contributed by atoms with Gasteiger partial charge in [-0.1, -0.05) is 53.5 Å². The van der Waals surface area contributed by atoms with E-state index in [0.29, 0.717) is 29.7 Å². The summed E-state index contributed by atoms with van der Waals surface area (Å²) in [6.07, 6.45) is 0.664. The van der Waals surface area contributed by atoms with E-state index in [0.717, 1.165) is 25.1 Å². The molecule has 0 aromatic heterocycles. The van der Waals surface area contributed by atoms with Gasteiger partial charge in [-0.25, -0.2) is 0 Å². The summed E-state index contributed by atoms with van der Waals surface area (Å²) in [5.74, 6) is 0. The fourth-order valence-corrected chi connectivity index (χ4v) is 3.43. The zero-order valence-electron chi connectivity index (χ0n) is 13.5. The summed E-state index contributed by atoms with van der Waals surface area (Å²) in [5.41, 5.74) is 3.86. The summed E-state index contributed by atoms with van der Waals surface area (Å²) >= 11 is 11.9. The van der Waals surface area contributed by atoms with Crippen molar-refractivity contribution >= 4 is 23.2 Å². The third-order valence-electron chi connectivity index (χ3n) is 4.37. The van der Waals surface area contributed by atoms with E-state index in [1.165, 1.54) is 11.1 Å². The normalized spacial score (nSPS) is 16.0. The summed E-state index contributed by atoms with van der Waals surface area (Å²) in [7, 11) is 0. The van der Waals surface area contributed by atoms with Crippen molar-refractivity contribution in [3.8, 4) is 0 Å². The van der Waals surface area contributed by atoms with Crippen LogP contribution in [0.5, 0.6) is 0 Å². The van der Waals surface area contributed by atoms with E-state index in [4.69, 9.17) is 23.2 Å². The number of rotatable bonds is 6. The van der Waals surface area contributed by atoms with Crippen molar-refractivity contribution in [2.24, 2.45) is 0 Å². The number of hydrogen-bond donors (Lipinski definition) is 2. The first-order valence-corrected chi connectivity index (χ1v) is 8.99. The second-order valence-electron chi connectivity index (χ2n) is 6.29. The number of fused-ring (bicyclic) bond motifs is 1. The molecular formula is C19H22Cl2N2O. The standard InChI is InChI=1S/C19H22Cl2N2O/c20-18-6-5-14(9-19(18)21)10-22-11-17(24)13-23-8-7-15-3-1-2-4-16(15)12-23/h1-6,9,17,22,24H,7-8,10-13H2/t17-/m0/s1. The molecule has 0 fully saturated rings. The Kier molecular flexibility index (Phi) is 6.14. The first-order chi connectivity index (χ1) is 11.6. The molecule has 0 saturated carbocycles. The molecule has 3 rings (SSSR count). The maximum absolute atomic E-state index is 10.3. The highest BCUT2D eigenvalue weighted by Gasteiger charge is 2.18. The van der Waals surface area contributed by atoms with E-state index in [2.05, 4.69) is 34.5 Å². The average Bonchev–Trinajstić information content (AvgIpc) is 2.58. The maximum Gasteiger partial charge on any atom is 0.0791 e. The molecular weight excluding hydrogens is 343 g/mol. The molecule has 1 aliphatic rings. The Morgan fingerprint density at radius 3 is 2.67 bits per heavy atom. The smallest absolute Gasteiger partial charge is 0.0791 e.